The van der Waals surface area contributed by atoms with Gasteiger partial charge in [-0.05, 0) is 54.8 Å². The zero-order valence-corrected chi connectivity index (χ0v) is 17.5. The number of para-hydroxylation sites is 1. The molecule has 5 nitrogen and oxygen atoms in total. The molecule has 1 atom stereocenters. The second-order valence-corrected chi connectivity index (χ2v) is 9.16. The summed E-state index contributed by atoms with van der Waals surface area (Å²) in [5.74, 6) is 0.741. The van der Waals surface area contributed by atoms with Gasteiger partial charge in [-0.2, -0.15) is 4.31 Å². The van der Waals surface area contributed by atoms with Gasteiger partial charge in [0.1, 0.15) is 16.8 Å². The summed E-state index contributed by atoms with van der Waals surface area (Å²) in [5, 5.41) is 3.45. The van der Waals surface area contributed by atoms with Crippen molar-refractivity contribution in [3.8, 4) is 5.75 Å². The summed E-state index contributed by atoms with van der Waals surface area (Å²) in [5.41, 5.74) is 4.61. The van der Waals surface area contributed by atoms with Gasteiger partial charge in [-0.1, -0.05) is 48.0 Å². The Hall–Kier alpha value is -2.83. The summed E-state index contributed by atoms with van der Waals surface area (Å²) in [7, 11) is -2.07. The van der Waals surface area contributed by atoms with Crippen LogP contribution in [0.2, 0.25) is 0 Å². The van der Waals surface area contributed by atoms with Gasteiger partial charge in [0.2, 0.25) is 10.0 Å². The molecule has 0 amide bonds. The summed E-state index contributed by atoms with van der Waals surface area (Å²) in [4.78, 5) is 0.301. The van der Waals surface area contributed by atoms with Gasteiger partial charge in [-0.25, -0.2) is 8.42 Å². The third-order valence-electron chi connectivity index (χ3n) is 5.28. The van der Waals surface area contributed by atoms with Gasteiger partial charge in [0.15, 0.2) is 0 Å². The minimum atomic E-state index is -3.68. The highest BCUT2D eigenvalue weighted by Crippen LogP contribution is 2.40. The van der Waals surface area contributed by atoms with Crippen LogP contribution >= 0.6 is 0 Å². The van der Waals surface area contributed by atoms with E-state index in [1.165, 1.54) is 0 Å². The number of hydrogen-bond acceptors (Lipinski definition) is 4. The van der Waals surface area contributed by atoms with Crippen LogP contribution in [0.4, 0.5) is 5.69 Å². The molecule has 0 spiro atoms. The fourth-order valence-corrected chi connectivity index (χ4v) is 5.34. The highest BCUT2D eigenvalue weighted by Gasteiger charge is 2.39. The van der Waals surface area contributed by atoms with E-state index in [9.17, 15) is 8.42 Å². The first-order chi connectivity index (χ1) is 13.9. The monoisotopic (exact) mass is 408 g/mol. The number of nitrogens with zero attached hydrogens (tertiary/aromatic N) is 1. The molecule has 0 radical (unpaired) electrons. The largest absolute Gasteiger partial charge is 0.497 e. The van der Waals surface area contributed by atoms with Crippen molar-refractivity contribution in [2.45, 2.75) is 31.5 Å². The molecule has 0 aliphatic carbocycles. The van der Waals surface area contributed by atoms with Crippen LogP contribution in [0.3, 0.4) is 0 Å². The number of benzene rings is 3. The fraction of sp³-hybridized carbons (Fsp3) is 0.217. The Morgan fingerprint density at radius 3 is 2.45 bits per heavy atom. The average molecular weight is 409 g/mol. The van der Waals surface area contributed by atoms with E-state index in [1.807, 2.05) is 62.4 Å². The smallest absolute Gasteiger partial charge is 0.247 e. The van der Waals surface area contributed by atoms with E-state index in [2.05, 4.69) is 11.4 Å². The molecule has 1 heterocycles. The normalized spacial score (nSPS) is 18.0. The number of aryl methyl sites for hydroxylation is 2. The van der Waals surface area contributed by atoms with Crippen molar-refractivity contribution in [1.82, 2.24) is 4.31 Å². The van der Waals surface area contributed by atoms with Crippen molar-refractivity contribution in [3.05, 3.63) is 89.0 Å². The molecule has 0 fully saturated rings. The molecule has 0 saturated carbocycles. The van der Waals surface area contributed by atoms with Crippen LogP contribution in [-0.2, 0) is 16.6 Å². The van der Waals surface area contributed by atoms with Gasteiger partial charge in [0, 0.05) is 6.54 Å². The van der Waals surface area contributed by atoms with Crippen LogP contribution in [0.25, 0.3) is 0 Å². The summed E-state index contributed by atoms with van der Waals surface area (Å²) in [6.07, 6.45) is -0.489. The van der Waals surface area contributed by atoms with Crippen molar-refractivity contribution in [3.63, 3.8) is 0 Å². The lowest BCUT2D eigenvalue weighted by atomic mass is 10.0. The predicted octanol–water partition coefficient (Wildman–Crippen LogP) is 4.63. The van der Waals surface area contributed by atoms with E-state index in [0.717, 1.165) is 28.0 Å². The summed E-state index contributed by atoms with van der Waals surface area (Å²) < 4.78 is 33.9. The van der Waals surface area contributed by atoms with Crippen molar-refractivity contribution >= 4 is 15.7 Å². The maximum atomic E-state index is 13.6. The number of sulfonamides is 1. The standard InChI is InChI=1S/C23H24N2O3S/c1-16-8-9-17(2)20(14-16)23-24-21-6-4-5-7-22(21)29(26,27)25(23)15-18-10-12-19(28-3)13-11-18/h4-14,23-24H,15H2,1-3H3. The highest BCUT2D eigenvalue weighted by molar-refractivity contribution is 7.89. The number of nitrogens with one attached hydrogen (secondary N) is 1. The van der Waals surface area contributed by atoms with Gasteiger partial charge >= 0.3 is 0 Å². The molecule has 3 aromatic carbocycles. The molecule has 150 valence electrons. The van der Waals surface area contributed by atoms with Crippen LogP contribution in [-0.4, -0.2) is 19.8 Å². The van der Waals surface area contributed by atoms with E-state index in [1.54, 1.807) is 23.5 Å². The lowest BCUT2D eigenvalue weighted by molar-refractivity contribution is 0.335. The second kappa shape index (κ2) is 7.54. The van der Waals surface area contributed by atoms with E-state index in [0.29, 0.717) is 10.6 Å². The number of methoxy groups -OCH3 is 1. The maximum Gasteiger partial charge on any atom is 0.247 e. The minimum Gasteiger partial charge on any atom is -0.497 e. The Kier molecular flexibility index (Phi) is 5.06. The first kappa shape index (κ1) is 19.5. The van der Waals surface area contributed by atoms with Crippen LogP contribution in [0.15, 0.2) is 71.6 Å². The molecular formula is C23H24N2O3S. The number of fused-ring (bicyclic) bond motifs is 1. The summed E-state index contributed by atoms with van der Waals surface area (Å²) in [6.45, 7) is 4.28. The number of hydrogen-bond donors (Lipinski definition) is 1. The van der Waals surface area contributed by atoms with Crippen molar-refractivity contribution < 1.29 is 13.2 Å². The van der Waals surface area contributed by atoms with Crippen LogP contribution in [0.1, 0.15) is 28.4 Å². The van der Waals surface area contributed by atoms with E-state index >= 15 is 0 Å². The van der Waals surface area contributed by atoms with E-state index in [4.69, 9.17) is 4.74 Å². The first-order valence-electron chi connectivity index (χ1n) is 9.47. The van der Waals surface area contributed by atoms with Crippen LogP contribution in [0.5, 0.6) is 5.75 Å². The van der Waals surface area contributed by atoms with Gasteiger partial charge in [-0.15, -0.1) is 0 Å². The molecule has 6 heteroatoms. The Labute approximate surface area is 172 Å². The van der Waals surface area contributed by atoms with Gasteiger partial charge in [-0.3, -0.25) is 0 Å². The molecule has 4 rings (SSSR count). The zero-order chi connectivity index (χ0) is 20.6. The zero-order valence-electron chi connectivity index (χ0n) is 16.7. The second-order valence-electron chi connectivity index (χ2n) is 7.30. The minimum absolute atomic E-state index is 0.256. The molecule has 3 aromatic rings. The maximum absolute atomic E-state index is 13.6. The third-order valence-corrected chi connectivity index (χ3v) is 7.15. The topological polar surface area (TPSA) is 58.6 Å². The predicted molar refractivity (Wildman–Crippen MR) is 114 cm³/mol. The van der Waals surface area contributed by atoms with Gasteiger partial charge in [0.25, 0.3) is 0 Å². The Balaban J connectivity index is 1.83. The summed E-state index contributed by atoms with van der Waals surface area (Å²) >= 11 is 0. The van der Waals surface area contributed by atoms with Gasteiger partial charge < -0.3 is 10.1 Å². The van der Waals surface area contributed by atoms with Crippen molar-refractivity contribution in [1.29, 1.82) is 0 Å². The van der Waals surface area contributed by atoms with Crippen LogP contribution < -0.4 is 10.1 Å². The Morgan fingerprint density at radius 1 is 1.00 bits per heavy atom. The molecule has 0 bridgehead atoms. The third kappa shape index (κ3) is 3.61. The lowest BCUT2D eigenvalue weighted by Gasteiger charge is -2.38. The fourth-order valence-electron chi connectivity index (χ4n) is 3.67. The van der Waals surface area contributed by atoms with Crippen LogP contribution in [0, 0.1) is 13.8 Å². The van der Waals surface area contributed by atoms with E-state index in [-0.39, 0.29) is 6.54 Å². The first-order valence-corrected chi connectivity index (χ1v) is 10.9. The number of anilines is 1. The molecule has 1 aliphatic heterocycles. The quantitative estimate of drug-likeness (QED) is 0.684. The molecule has 1 unspecified atom stereocenters. The molecule has 1 aliphatic rings. The molecule has 29 heavy (non-hydrogen) atoms. The lowest BCUT2D eigenvalue weighted by Crippen LogP contribution is -2.42. The van der Waals surface area contributed by atoms with Gasteiger partial charge in [0.05, 0.1) is 12.8 Å². The average Bonchev–Trinajstić information content (AvgIpc) is 2.72. The Morgan fingerprint density at radius 2 is 1.72 bits per heavy atom. The molecular weight excluding hydrogens is 384 g/mol. The van der Waals surface area contributed by atoms with Crippen molar-refractivity contribution in [2.24, 2.45) is 0 Å². The Bertz CT molecular complexity index is 1140. The SMILES string of the molecule is COc1ccc(CN2C(c3cc(C)ccc3C)Nc3ccccc3S2(=O)=O)cc1. The van der Waals surface area contributed by atoms with Crippen molar-refractivity contribution in [2.75, 3.05) is 12.4 Å². The number of rotatable bonds is 4. The molecule has 0 saturated heterocycles. The molecule has 1 N–H and O–H groups in total. The summed E-state index contributed by atoms with van der Waals surface area (Å²) in [6, 6.07) is 20.7. The molecule has 0 aromatic heterocycles. The number of ether oxygens (including phenoxy) is 1. The van der Waals surface area contributed by atoms with E-state index < -0.39 is 16.2 Å². The highest BCUT2D eigenvalue weighted by atomic mass is 32.2.